The third-order valence-electron chi connectivity index (χ3n) is 5.96. The van der Waals surface area contributed by atoms with Crippen LogP contribution in [0.3, 0.4) is 0 Å². The predicted molar refractivity (Wildman–Crippen MR) is 118 cm³/mol. The molecule has 29 heavy (non-hydrogen) atoms. The molecule has 0 radical (unpaired) electrons. The molecule has 0 aromatic heterocycles. The van der Waals surface area contributed by atoms with Gasteiger partial charge in [0.25, 0.3) is 0 Å². The number of allylic oxidation sites excluding steroid dienone is 2. The molecule has 2 aliphatic rings. The molecule has 0 bridgehead atoms. The first kappa shape index (κ1) is 18.3. The minimum absolute atomic E-state index is 0.0639. The molecule has 0 amide bonds. The van der Waals surface area contributed by atoms with Crippen LogP contribution in [0.5, 0.6) is 11.5 Å². The van der Waals surface area contributed by atoms with E-state index in [4.69, 9.17) is 4.74 Å². The Hall–Kier alpha value is -2.79. The summed E-state index contributed by atoms with van der Waals surface area (Å²) in [6, 6.07) is 16.2. The van der Waals surface area contributed by atoms with Crippen LogP contribution >= 0.6 is 15.9 Å². The molecule has 2 N–H and O–H groups in total. The van der Waals surface area contributed by atoms with Crippen molar-refractivity contribution < 1.29 is 14.6 Å². The molecule has 1 heterocycles. The molecule has 146 valence electrons. The zero-order chi connectivity index (χ0) is 20.1. The van der Waals surface area contributed by atoms with E-state index in [1.165, 1.54) is 7.11 Å². The number of Topliss-reactive ketones (excluding diaryl/α,β-unsaturated/α-hetero) is 1. The van der Waals surface area contributed by atoms with E-state index in [1.807, 2.05) is 24.3 Å². The van der Waals surface area contributed by atoms with Gasteiger partial charge in [-0.15, -0.1) is 0 Å². The Morgan fingerprint density at radius 3 is 2.79 bits per heavy atom. The topological polar surface area (TPSA) is 58.6 Å². The van der Waals surface area contributed by atoms with E-state index in [0.29, 0.717) is 16.6 Å². The third kappa shape index (κ3) is 2.84. The minimum Gasteiger partial charge on any atom is -0.503 e. The van der Waals surface area contributed by atoms with Crippen LogP contribution in [0.1, 0.15) is 29.9 Å². The molecule has 5 rings (SSSR count). The third-order valence-corrected chi connectivity index (χ3v) is 6.57. The van der Waals surface area contributed by atoms with Crippen LogP contribution in [0, 0.1) is 5.92 Å². The van der Waals surface area contributed by atoms with Crippen molar-refractivity contribution in [2.45, 2.75) is 18.8 Å². The monoisotopic (exact) mass is 449 g/mol. The summed E-state index contributed by atoms with van der Waals surface area (Å²) in [7, 11) is 1.54. The number of rotatable bonds is 2. The van der Waals surface area contributed by atoms with Crippen molar-refractivity contribution in [3.05, 3.63) is 75.9 Å². The molecule has 0 unspecified atom stereocenters. The van der Waals surface area contributed by atoms with Gasteiger partial charge >= 0.3 is 0 Å². The molecule has 0 saturated heterocycles. The quantitative estimate of drug-likeness (QED) is 0.523. The van der Waals surface area contributed by atoms with Crippen molar-refractivity contribution in [2.75, 3.05) is 12.4 Å². The molecule has 4 nitrogen and oxygen atoms in total. The minimum atomic E-state index is -0.275. The number of ketones is 1. The van der Waals surface area contributed by atoms with E-state index in [2.05, 4.69) is 51.6 Å². The number of hydrogen-bond acceptors (Lipinski definition) is 4. The molecule has 1 aliphatic heterocycles. The van der Waals surface area contributed by atoms with Crippen LogP contribution in [-0.2, 0) is 4.79 Å². The molecule has 0 saturated carbocycles. The Morgan fingerprint density at radius 1 is 1.14 bits per heavy atom. The lowest BCUT2D eigenvalue weighted by molar-refractivity contribution is -0.122. The highest BCUT2D eigenvalue weighted by Gasteiger charge is 2.41. The molecule has 2 atom stereocenters. The molecule has 0 spiro atoms. The van der Waals surface area contributed by atoms with Gasteiger partial charge in [0.05, 0.1) is 17.5 Å². The molecule has 1 aliphatic carbocycles. The van der Waals surface area contributed by atoms with Crippen LogP contribution in [-0.4, -0.2) is 18.0 Å². The smallest absolute Gasteiger partial charge is 0.172 e. The summed E-state index contributed by atoms with van der Waals surface area (Å²) in [6.45, 7) is 0. The predicted octanol–water partition coefficient (Wildman–Crippen LogP) is 5.74. The summed E-state index contributed by atoms with van der Waals surface area (Å²) in [5, 5.41) is 16.1. The van der Waals surface area contributed by atoms with Gasteiger partial charge in [0.15, 0.2) is 11.5 Å². The second-order valence-corrected chi connectivity index (χ2v) is 8.40. The highest BCUT2D eigenvalue weighted by molar-refractivity contribution is 9.10. The van der Waals surface area contributed by atoms with Gasteiger partial charge in [-0.05, 0) is 62.4 Å². The van der Waals surface area contributed by atoms with Crippen LogP contribution in [0.25, 0.3) is 10.8 Å². The number of aromatic hydroxyl groups is 1. The number of nitrogens with one attached hydrogen (secondary N) is 1. The maximum atomic E-state index is 13.1. The molecule has 3 aromatic rings. The normalized spacial score (nSPS) is 20.5. The number of fused-ring (bicyclic) bond motifs is 4. The SMILES string of the molecule is COc1cc([C@H]2c3c(ccc4ccccc34)NC3=CCCC(=O)[C@@H]32)cc(Br)c1O. The van der Waals surface area contributed by atoms with Gasteiger partial charge in [-0.3, -0.25) is 4.79 Å². The number of hydrogen-bond donors (Lipinski definition) is 2. The number of phenols is 1. The second-order valence-electron chi connectivity index (χ2n) is 7.55. The number of carbonyl (C=O) groups excluding carboxylic acids is 1. The van der Waals surface area contributed by atoms with Crippen molar-refractivity contribution in [3.8, 4) is 11.5 Å². The first-order valence-electron chi connectivity index (χ1n) is 9.66. The van der Waals surface area contributed by atoms with Gasteiger partial charge in [0.1, 0.15) is 5.78 Å². The average molecular weight is 450 g/mol. The number of halogens is 1. The fourth-order valence-corrected chi connectivity index (χ4v) is 5.13. The Morgan fingerprint density at radius 2 is 1.97 bits per heavy atom. The average Bonchev–Trinajstić information content (AvgIpc) is 2.74. The fraction of sp³-hybridized carbons (Fsp3) is 0.208. The van der Waals surface area contributed by atoms with Crippen molar-refractivity contribution >= 4 is 38.2 Å². The number of phenolic OH excluding ortho intramolecular Hbond substituents is 1. The van der Waals surface area contributed by atoms with Crippen molar-refractivity contribution in [3.63, 3.8) is 0 Å². The first-order valence-corrected chi connectivity index (χ1v) is 10.5. The lowest BCUT2D eigenvalue weighted by Gasteiger charge is -2.38. The van der Waals surface area contributed by atoms with Crippen molar-refractivity contribution in [1.29, 1.82) is 0 Å². The molecule has 5 heteroatoms. The molecule has 0 fully saturated rings. The van der Waals surface area contributed by atoms with E-state index in [-0.39, 0.29) is 23.4 Å². The summed E-state index contributed by atoms with van der Waals surface area (Å²) in [5.41, 5.74) is 4.04. The summed E-state index contributed by atoms with van der Waals surface area (Å²) >= 11 is 3.45. The zero-order valence-electron chi connectivity index (χ0n) is 15.9. The van der Waals surface area contributed by atoms with E-state index >= 15 is 0 Å². The first-order chi connectivity index (χ1) is 14.1. The van der Waals surface area contributed by atoms with Gasteiger partial charge in [-0.25, -0.2) is 0 Å². The Labute approximate surface area is 177 Å². The van der Waals surface area contributed by atoms with E-state index < -0.39 is 0 Å². The number of methoxy groups -OCH3 is 1. The molecule has 3 aromatic carbocycles. The van der Waals surface area contributed by atoms with Crippen molar-refractivity contribution in [1.82, 2.24) is 0 Å². The summed E-state index contributed by atoms with van der Waals surface area (Å²) in [4.78, 5) is 13.1. The van der Waals surface area contributed by atoms with Gasteiger partial charge in [-0.1, -0.05) is 36.4 Å². The van der Waals surface area contributed by atoms with Crippen LogP contribution in [0.2, 0.25) is 0 Å². The standard InChI is InChI=1S/C24H20BrNO3/c1-29-20-12-14(11-16(25)24(20)28)21-22-15-6-3-2-5-13(15)9-10-18(22)26-17-7-4-8-19(27)23(17)21/h2-3,5-7,9-12,21,23,26,28H,4,8H2,1H3/t21-,23+/m0/s1. The van der Waals surface area contributed by atoms with E-state index in [0.717, 1.165) is 39.7 Å². The fourth-order valence-electron chi connectivity index (χ4n) is 4.67. The molecular weight excluding hydrogens is 430 g/mol. The number of anilines is 1. The maximum absolute atomic E-state index is 13.1. The highest BCUT2D eigenvalue weighted by atomic mass is 79.9. The number of benzene rings is 3. The number of carbonyl (C=O) groups is 1. The summed E-state index contributed by atoms with van der Waals surface area (Å²) in [5.74, 6) is 0.254. The Kier molecular flexibility index (Phi) is 4.36. The largest absolute Gasteiger partial charge is 0.503 e. The summed E-state index contributed by atoms with van der Waals surface area (Å²) in [6.07, 6.45) is 3.45. The Balaban J connectivity index is 1.84. The van der Waals surface area contributed by atoms with Crippen LogP contribution in [0.15, 0.2) is 64.8 Å². The Bertz CT molecular complexity index is 1180. The van der Waals surface area contributed by atoms with E-state index in [1.54, 1.807) is 0 Å². The van der Waals surface area contributed by atoms with E-state index in [9.17, 15) is 9.90 Å². The van der Waals surface area contributed by atoms with Gasteiger partial charge < -0.3 is 15.2 Å². The van der Waals surface area contributed by atoms with Gasteiger partial charge in [-0.2, -0.15) is 0 Å². The van der Waals surface area contributed by atoms with Crippen LogP contribution in [0.4, 0.5) is 5.69 Å². The van der Waals surface area contributed by atoms with Crippen molar-refractivity contribution in [2.24, 2.45) is 5.92 Å². The lowest BCUT2D eigenvalue weighted by atomic mass is 9.70. The summed E-state index contributed by atoms with van der Waals surface area (Å²) < 4.78 is 5.96. The highest BCUT2D eigenvalue weighted by Crippen LogP contribution is 2.51. The maximum Gasteiger partial charge on any atom is 0.172 e. The van der Waals surface area contributed by atoms with Crippen LogP contribution < -0.4 is 10.1 Å². The zero-order valence-corrected chi connectivity index (χ0v) is 17.5. The lowest BCUT2D eigenvalue weighted by Crippen LogP contribution is -2.34. The number of ether oxygens (including phenoxy) is 1. The molecular formula is C24H20BrNO3. The van der Waals surface area contributed by atoms with Gasteiger partial charge in [0, 0.05) is 23.7 Å². The second kappa shape index (κ2) is 6.92. The van der Waals surface area contributed by atoms with Gasteiger partial charge in [0.2, 0.25) is 0 Å².